The van der Waals surface area contributed by atoms with Crippen LogP contribution in [-0.4, -0.2) is 67.1 Å². The number of hydrogen-bond donors (Lipinski definition) is 2. The van der Waals surface area contributed by atoms with E-state index in [1.165, 1.54) is 12.8 Å². The van der Waals surface area contributed by atoms with Crippen molar-refractivity contribution in [2.24, 2.45) is 5.92 Å². The minimum Gasteiger partial charge on any atom is -0.435 e. The van der Waals surface area contributed by atoms with Gasteiger partial charge in [-0.3, -0.25) is 14.8 Å². The highest BCUT2D eigenvalue weighted by Crippen LogP contribution is 2.38. The Morgan fingerprint density at radius 3 is 2.33 bits per heavy atom. The van der Waals surface area contributed by atoms with Crippen molar-refractivity contribution in [1.29, 1.82) is 5.26 Å². The van der Waals surface area contributed by atoms with Crippen LogP contribution in [0.4, 0.5) is 20.3 Å². The number of nitrogens with zero attached hydrogens (tertiary/aromatic N) is 7. The lowest BCUT2D eigenvalue weighted by atomic mass is 9.93. The van der Waals surface area contributed by atoms with Crippen molar-refractivity contribution in [3.8, 4) is 28.7 Å². The quantitative estimate of drug-likeness (QED) is 0.150. The fourth-order valence-electron chi connectivity index (χ4n) is 7.77. The molecule has 0 amide bonds. The number of rotatable bonds is 9. The lowest BCUT2D eigenvalue weighted by Crippen LogP contribution is -2.32. The van der Waals surface area contributed by atoms with E-state index in [1.807, 2.05) is 62.4 Å². The minimum atomic E-state index is -2.87. The van der Waals surface area contributed by atoms with E-state index < -0.39 is 12.2 Å². The molecule has 12 heteroatoms. The Morgan fingerprint density at radius 1 is 0.889 bits per heavy atom. The predicted octanol–water partition coefficient (Wildman–Crippen LogP) is 8.47. The molecule has 5 heterocycles. The number of β-amino-alcohol motifs (C(OH)–C–C–N with tert-alkyl or cyclic N) is 1. The lowest BCUT2D eigenvalue weighted by Gasteiger charge is -2.30. The molecular formula is C42H42F2N8O2. The first-order valence-corrected chi connectivity index (χ1v) is 18.5. The number of benzene rings is 3. The van der Waals surface area contributed by atoms with Gasteiger partial charge in [-0.2, -0.15) is 5.26 Å². The number of alkyl halides is 2. The van der Waals surface area contributed by atoms with Crippen molar-refractivity contribution in [3.63, 3.8) is 0 Å². The van der Waals surface area contributed by atoms with Crippen LogP contribution in [0.1, 0.15) is 66.3 Å². The SMILES string of the molecule is Cc1c(Nc2nc(C(F)F)nc3cc(CN4CC[C@@H](O)C4)cnc23)cccc1-c1cccc(-c2nc3cc(CN4CCC(C)CC4)cc(C#N)c3o2)c1C. The van der Waals surface area contributed by atoms with Gasteiger partial charge in [-0.25, -0.2) is 23.7 Å². The molecule has 0 bridgehead atoms. The highest BCUT2D eigenvalue weighted by atomic mass is 19.3. The first kappa shape index (κ1) is 35.7. The number of likely N-dealkylation sites (tertiary alicyclic amines) is 2. The maximum Gasteiger partial charge on any atom is 0.297 e. The molecule has 3 aromatic carbocycles. The number of aliphatic hydroxyl groups excluding tert-OH is 1. The van der Waals surface area contributed by atoms with Gasteiger partial charge < -0.3 is 14.8 Å². The van der Waals surface area contributed by atoms with E-state index in [0.717, 1.165) is 71.0 Å². The van der Waals surface area contributed by atoms with Gasteiger partial charge in [0.15, 0.2) is 17.2 Å². The van der Waals surface area contributed by atoms with Gasteiger partial charge in [-0.05, 0) is 116 Å². The molecule has 0 aliphatic carbocycles. The van der Waals surface area contributed by atoms with Crippen LogP contribution in [0.15, 0.2) is 65.2 Å². The molecule has 0 saturated carbocycles. The van der Waals surface area contributed by atoms with E-state index in [-0.39, 0.29) is 11.9 Å². The van der Waals surface area contributed by atoms with Gasteiger partial charge in [0, 0.05) is 43.6 Å². The zero-order valence-electron chi connectivity index (χ0n) is 30.6. The van der Waals surface area contributed by atoms with E-state index >= 15 is 0 Å². The molecular weight excluding hydrogens is 687 g/mol. The second-order valence-electron chi connectivity index (χ2n) is 14.8. The number of halogens is 2. The largest absolute Gasteiger partial charge is 0.435 e. The van der Waals surface area contributed by atoms with Crippen molar-refractivity contribution in [1.82, 2.24) is 29.7 Å². The number of pyridine rings is 1. The summed E-state index contributed by atoms with van der Waals surface area (Å²) in [6.07, 6.45) is 1.54. The summed E-state index contributed by atoms with van der Waals surface area (Å²) < 4.78 is 34.4. The maximum absolute atomic E-state index is 14.1. The van der Waals surface area contributed by atoms with Gasteiger partial charge in [0.1, 0.15) is 17.1 Å². The Bertz CT molecular complexity index is 2400. The number of fused-ring (bicyclic) bond motifs is 2. The number of hydrogen-bond acceptors (Lipinski definition) is 10. The maximum atomic E-state index is 14.1. The van der Waals surface area contributed by atoms with Crippen LogP contribution in [0.3, 0.4) is 0 Å². The van der Waals surface area contributed by atoms with Gasteiger partial charge in [-0.1, -0.05) is 31.2 Å². The second-order valence-corrected chi connectivity index (χ2v) is 14.8. The summed E-state index contributed by atoms with van der Waals surface area (Å²) in [5.41, 5.74) is 9.39. The summed E-state index contributed by atoms with van der Waals surface area (Å²) in [5, 5.41) is 23.3. The monoisotopic (exact) mass is 728 g/mol. The highest BCUT2D eigenvalue weighted by molar-refractivity contribution is 5.90. The summed E-state index contributed by atoms with van der Waals surface area (Å²) in [4.78, 5) is 22.4. The number of nitrogens with one attached hydrogen (secondary N) is 1. The van der Waals surface area contributed by atoms with E-state index in [1.54, 1.807) is 12.3 Å². The third-order valence-corrected chi connectivity index (χ3v) is 10.9. The molecule has 2 aliphatic heterocycles. The Hall–Kier alpha value is -5.35. The lowest BCUT2D eigenvalue weighted by molar-refractivity contribution is 0.141. The van der Waals surface area contributed by atoms with Crippen LogP contribution in [0, 0.1) is 31.1 Å². The number of anilines is 2. The third kappa shape index (κ3) is 7.14. The second kappa shape index (κ2) is 14.8. The first-order valence-electron chi connectivity index (χ1n) is 18.5. The van der Waals surface area contributed by atoms with Crippen LogP contribution < -0.4 is 5.32 Å². The molecule has 2 N–H and O–H groups in total. The fourth-order valence-corrected chi connectivity index (χ4v) is 7.77. The van der Waals surface area contributed by atoms with Crippen LogP contribution in [0.5, 0.6) is 0 Å². The molecule has 2 fully saturated rings. The first-order chi connectivity index (χ1) is 26.1. The molecule has 276 valence electrons. The van der Waals surface area contributed by atoms with E-state index in [4.69, 9.17) is 9.40 Å². The number of aromatic nitrogens is 4. The highest BCUT2D eigenvalue weighted by Gasteiger charge is 2.23. The van der Waals surface area contributed by atoms with Crippen molar-refractivity contribution in [3.05, 3.63) is 94.4 Å². The van der Waals surface area contributed by atoms with Crippen LogP contribution in [-0.2, 0) is 13.1 Å². The van der Waals surface area contributed by atoms with Crippen LogP contribution in [0.25, 0.3) is 44.7 Å². The molecule has 0 radical (unpaired) electrons. The topological polar surface area (TPSA) is 127 Å². The fraction of sp³-hybridized carbons (Fsp3) is 0.357. The third-order valence-electron chi connectivity index (χ3n) is 10.9. The minimum absolute atomic E-state index is 0.193. The van der Waals surface area contributed by atoms with Crippen molar-refractivity contribution >= 4 is 33.6 Å². The summed E-state index contributed by atoms with van der Waals surface area (Å²) in [5.74, 6) is 0.795. The summed E-state index contributed by atoms with van der Waals surface area (Å²) >= 11 is 0. The summed E-state index contributed by atoms with van der Waals surface area (Å²) in [6, 6.07) is 19.8. The van der Waals surface area contributed by atoms with E-state index in [2.05, 4.69) is 43.1 Å². The zero-order chi connectivity index (χ0) is 37.5. The van der Waals surface area contributed by atoms with Crippen LogP contribution in [0.2, 0.25) is 0 Å². The molecule has 6 aromatic rings. The Kier molecular flexibility index (Phi) is 9.79. The number of aliphatic hydroxyl groups is 1. The van der Waals surface area contributed by atoms with E-state index in [9.17, 15) is 19.1 Å². The summed E-state index contributed by atoms with van der Waals surface area (Å²) in [7, 11) is 0. The molecule has 10 nitrogen and oxygen atoms in total. The molecule has 2 aliphatic rings. The standard InChI is InChI=1S/C42H42F2N8O2/c1-24-10-13-51(14-11-24)21-27-16-29(19-45)38-36(17-27)49-42(54-38)33-8-4-6-31(25(33)2)32-7-5-9-34(26(32)3)47-40-37-35(48-41(50-40)39(43)44)18-28(20-46-37)22-52-15-12-30(53)23-52/h4-9,16-18,20,24,30,39,53H,10-15,21-23H2,1-3H3,(H,47,48,50)/t30-/m1/s1. The molecule has 54 heavy (non-hydrogen) atoms. The van der Waals surface area contributed by atoms with Crippen LogP contribution >= 0.6 is 0 Å². The Balaban J connectivity index is 1.10. The molecule has 0 spiro atoms. The van der Waals surface area contributed by atoms with Gasteiger partial charge in [0.25, 0.3) is 6.43 Å². The number of nitriles is 1. The van der Waals surface area contributed by atoms with Gasteiger partial charge >= 0.3 is 0 Å². The molecule has 1 atom stereocenters. The Labute approximate surface area is 312 Å². The van der Waals surface area contributed by atoms with Crippen molar-refractivity contribution in [2.75, 3.05) is 31.5 Å². The summed E-state index contributed by atoms with van der Waals surface area (Å²) in [6.45, 7) is 11.0. The zero-order valence-corrected chi connectivity index (χ0v) is 30.6. The molecule has 0 unspecified atom stereocenters. The van der Waals surface area contributed by atoms with Gasteiger partial charge in [0.05, 0.1) is 17.2 Å². The van der Waals surface area contributed by atoms with Crippen molar-refractivity contribution in [2.45, 2.75) is 65.7 Å². The number of piperidine rings is 1. The predicted molar refractivity (Wildman–Crippen MR) is 204 cm³/mol. The van der Waals surface area contributed by atoms with Crippen molar-refractivity contribution < 1.29 is 18.3 Å². The van der Waals surface area contributed by atoms with Gasteiger partial charge in [-0.15, -0.1) is 0 Å². The molecule has 2 saturated heterocycles. The molecule has 3 aromatic heterocycles. The van der Waals surface area contributed by atoms with E-state index in [0.29, 0.717) is 58.8 Å². The smallest absolute Gasteiger partial charge is 0.297 e. The number of oxazole rings is 1. The molecule has 8 rings (SSSR count). The average Bonchev–Trinajstić information content (AvgIpc) is 3.78. The normalized spacial score (nSPS) is 17.2. The average molecular weight is 729 g/mol. The van der Waals surface area contributed by atoms with Gasteiger partial charge in [0.2, 0.25) is 5.89 Å². The Morgan fingerprint density at radius 2 is 1.59 bits per heavy atom.